The molecule has 0 aliphatic carbocycles. The van der Waals surface area contributed by atoms with E-state index in [9.17, 15) is 13.2 Å². The van der Waals surface area contributed by atoms with Crippen LogP contribution in [0.15, 0.2) is 57.8 Å². The van der Waals surface area contributed by atoms with Crippen molar-refractivity contribution >= 4 is 21.9 Å². The van der Waals surface area contributed by atoms with Crippen molar-refractivity contribution in [1.29, 1.82) is 0 Å². The average Bonchev–Trinajstić information content (AvgIpc) is 3.27. The maximum absolute atomic E-state index is 13.1. The lowest BCUT2D eigenvalue weighted by Crippen LogP contribution is -2.43. The van der Waals surface area contributed by atoms with Gasteiger partial charge in [-0.05, 0) is 56.0 Å². The van der Waals surface area contributed by atoms with E-state index in [4.69, 9.17) is 4.42 Å². The van der Waals surface area contributed by atoms with Gasteiger partial charge in [0.15, 0.2) is 0 Å². The van der Waals surface area contributed by atoms with Gasteiger partial charge in [-0.3, -0.25) is 10.1 Å². The largest absolute Gasteiger partial charge is 0.407 e. The highest BCUT2D eigenvalue weighted by Crippen LogP contribution is 2.27. The van der Waals surface area contributed by atoms with E-state index in [2.05, 4.69) is 15.5 Å². The predicted molar refractivity (Wildman–Crippen MR) is 125 cm³/mol. The van der Waals surface area contributed by atoms with Crippen LogP contribution in [0.2, 0.25) is 0 Å². The van der Waals surface area contributed by atoms with Crippen molar-refractivity contribution in [2.45, 2.75) is 56.9 Å². The number of benzene rings is 2. The number of aryl methyl sites for hydroxylation is 1. The Kier molecular flexibility index (Phi) is 6.90. The number of carbonyl (C=O) groups excluding carboxylic acids is 1. The van der Waals surface area contributed by atoms with E-state index in [0.29, 0.717) is 24.4 Å². The zero-order chi connectivity index (χ0) is 23.4. The molecule has 1 fully saturated rings. The molecule has 1 unspecified atom stereocenters. The van der Waals surface area contributed by atoms with E-state index < -0.39 is 15.9 Å². The first-order valence-corrected chi connectivity index (χ1v) is 12.6. The van der Waals surface area contributed by atoms with Crippen LogP contribution < -0.4 is 5.32 Å². The summed E-state index contributed by atoms with van der Waals surface area (Å²) >= 11 is 0. The standard InChI is InChI=1S/C24H28N4O4S/c1-3-20-6-4-5-15-28(20)33(30,31)21-13-11-19(12-14-21)23(29)25-24-27-26-22(32-24)16-18-9-7-17(2)8-10-18/h7-14,20H,3-6,15-16H2,1-2H3,(H,25,27,29). The molecule has 174 valence electrons. The first-order valence-electron chi connectivity index (χ1n) is 11.2. The van der Waals surface area contributed by atoms with E-state index in [0.717, 1.165) is 36.8 Å². The van der Waals surface area contributed by atoms with Gasteiger partial charge >= 0.3 is 6.01 Å². The SMILES string of the molecule is CCC1CCCCN1S(=O)(=O)c1ccc(C(=O)Nc2nnc(Cc3ccc(C)cc3)o2)cc1. The Balaban J connectivity index is 1.41. The molecule has 0 bridgehead atoms. The summed E-state index contributed by atoms with van der Waals surface area (Å²) in [5, 5.41) is 10.4. The van der Waals surface area contributed by atoms with Crippen LogP contribution >= 0.6 is 0 Å². The van der Waals surface area contributed by atoms with Gasteiger partial charge in [0, 0.05) is 18.2 Å². The van der Waals surface area contributed by atoms with Crippen molar-refractivity contribution in [2.24, 2.45) is 0 Å². The number of anilines is 1. The molecule has 1 aromatic heterocycles. The summed E-state index contributed by atoms with van der Waals surface area (Å²) in [4.78, 5) is 12.8. The molecule has 2 aromatic carbocycles. The summed E-state index contributed by atoms with van der Waals surface area (Å²) in [5.41, 5.74) is 2.49. The fraction of sp³-hybridized carbons (Fsp3) is 0.375. The first-order chi connectivity index (χ1) is 15.9. The van der Waals surface area contributed by atoms with E-state index in [1.807, 2.05) is 38.1 Å². The topological polar surface area (TPSA) is 105 Å². The van der Waals surface area contributed by atoms with Crippen molar-refractivity contribution in [2.75, 3.05) is 11.9 Å². The van der Waals surface area contributed by atoms with E-state index in [1.54, 1.807) is 4.31 Å². The first kappa shape index (κ1) is 23.1. The minimum absolute atomic E-state index is 0.00193. The Morgan fingerprint density at radius 2 is 1.82 bits per heavy atom. The van der Waals surface area contributed by atoms with Crippen molar-refractivity contribution in [3.63, 3.8) is 0 Å². The number of rotatable bonds is 7. The molecule has 0 spiro atoms. The third-order valence-corrected chi connectivity index (χ3v) is 7.90. The van der Waals surface area contributed by atoms with Crippen molar-refractivity contribution in [3.05, 3.63) is 71.1 Å². The summed E-state index contributed by atoms with van der Waals surface area (Å²) in [6.45, 7) is 4.56. The smallest absolute Gasteiger partial charge is 0.322 e. The second kappa shape index (κ2) is 9.84. The molecule has 4 rings (SSSR count). The summed E-state index contributed by atoms with van der Waals surface area (Å²) in [5.74, 6) is -0.0588. The third-order valence-electron chi connectivity index (χ3n) is 5.93. The van der Waals surface area contributed by atoms with Crippen LogP contribution in [-0.2, 0) is 16.4 Å². The van der Waals surface area contributed by atoms with Gasteiger partial charge in [0.2, 0.25) is 15.9 Å². The quantitative estimate of drug-likeness (QED) is 0.558. The predicted octanol–water partition coefficient (Wildman–Crippen LogP) is 4.17. The van der Waals surface area contributed by atoms with Gasteiger partial charge in [-0.15, -0.1) is 5.10 Å². The zero-order valence-corrected chi connectivity index (χ0v) is 19.6. The monoisotopic (exact) mass is 468 g/mol. The number of hydrogen-bond donors (Lipinski definition) is 1. The maximum Gasteiger partial charge on any atom is 0.322 e. The highest BCUT2D eigenvalue weighted by molar-refractivity contribution is 7.89. The molecule has 1 amide bonds. The highest BCUT2D eigenvalue weighted by atomic mass is 32.2. The van der Waals surface area contributed by atoms with Gasteiger partial charge in [0.25, 0.3) is 5.91 Å². The summed E-state index contributed by atoms with van der Waals surface area (Å²) < 4.78 is 33.3. The molecule has 33 heavy (non-hydrogen) atoms. The molecule has 1 atom stereocenters. The van der Waals surface area contributed by atoms with E-state index in [-0.39, 0.29) is 17.0 Å². The Hall–Kier alpha value is -3.04. The summed E-state index contributed by atoms with van der Waals surface area (Å²) in [7, 11) is -3.59. The molecule has 1 aliphatic rings. The van der Waals surface area contributed by atoms with Gasteiger partial charge in [-0.25, -0.2) is 8.42 Å². The van der Waals surface area contributed by atoms with Crippen LogP contribution in [0.3, 0.4) is 0 Å². The second-order valence-corrected chi connectivity index (χ2v) is 10.2. The fourth-order valence-electron chi connectivity index (χ4n) is 4.04. The van der Waals surface area contributed by atoms with Crippen molar-refractivity contribution in [1.82, 2.24) is 14.5 Å². The Morgan fingerprint density at radius 1 is 1.09 bits per heavy atom. The molecule has 1 aliphatic heterocycles. The number of piperidine rings is 1. The molecule has 8 nitrogen and oxygen atoms in total. The van der Waals surface area contributed by atoms with Crippen LogP contribution in [0.25, 0.3) is 0 Å². The number of aromatic nitrogens is 2. The van der Waals surface area contributed by atoms with Crippen LogP contribution in [0.5, 0.6) is 0 Å². The molecule has 9 heteroatoms. The van der Waals surface area contributed by atoms with Crippen LogP contribution in [0, 0.1) is 6.92 Å². The number of carbonyl (C=O) groups is 1. The lowest BCUT2D eigenvalue weighted by atomic mass is 10.0. The van der Waals surface area contributed by atoms with Crippen LogP contribution in [-0.4, -0.2) is 41.4 Å². The van der Waals surface area contributed by atoms with Crippen molar-refractivity contribution < 1.29 is 17.6 Å². The van der Waals surface area contributed by atoms with Gasteiger partial charge in [0.1, 0.15) is 0 Å². The number of amides is 1. The van der Waals surface area contributed by atoms with Crippen LogP contribution in [0.1, 0.15) is 60.0 Å². The number of hydrogen-bond acceptors (Lipinski definition) is 6. The third kappa shape index (κ3) is 5.31. The van der Waals surface area contributed by atoms with Gasteiger partial charge < -0.3 is 4.42 Å². The minimum atomic E-state index is -3.59. The molecule has 1 N–H and O–H groups in total. The minimum Gasteiger partial charge on any atom is -0.407 e. The Labute approximate surface area is 194 Å². The maximum atomic E-state index is 13.1. The molecule has 3 aromatic rings. The molecule has 1 saturated heterocycles. The summed E-state index contributed by atoms with van der Waals surface area (Å²) in [6, 6.07) is 14.0. The van der Waals surface area contributed by atoms with Crippen molar-refractivity contribution in [3.8, 4) is 0 Å². The Morgan fingerprint density at radius 3 is 2.52 bits per heavy atom. The molecule has 2 heterocycles. The normalized spacial score (nSPS) is 17.1. The number of nitrogens with zero attached hydrogens (tertiary/aromatic N) is 3. The molecule has 0 radical (unpaired) electrons. The molecular formula is C24H28N4O4S. The van der Waals surface area contributed by atoms with Gasteiger partial charge in [-0.1, -0.05) is 48.3 Å². The summed E-state index contributed by atoms with van der Waals surface area (Å²) in [6.07, 6.45) is 4.05. The number of nitrogens with one attached hydrogen (secondary N) is 1. The fourth-order valence-corrected chi connectivity index (χ4v) is 5.80. The second-order valence-electron chi connectivity index (χ2n) is 8.32. The van der Waals surface area contributed by atoms with E-state index >= 15 is 0 Å². The highest BCUT2D eigenvalue weighted by Gasteiger charge is 2.32. The van der Waals surface area contributed by atoms with Gasteiger partial charge in [0.05, 0.1) is 11.3 Å². The molecule has 0 saturated carbocycles. The van der Waals surface area contributed by atoms with E-state index in [1.165, 1.54) is 24.3 Å². The lowest BCUT2D eigenvalue weighted by Gasteiger charge is -2.34. The number of sulfonamides is 1. The van der Waals surface area contributed by atoms with Crippen LogP contribution in [0.4, 0.5) is 6.01 Å². The lowest BCUT2D eigenvalue weighted by molar-refractivity contribution is 0.102. The average molecular weight is 469 g/mol. The van der Waals surface area contributed by atoms with Gasteiger partial charge in [-0.2, -0.15) is 4.31 Å². The zero-order valence-electron chi connectivity index (χ0n) is 18.8. The molecular weight excluding hydrogens is 440 g/mol. The Bertz CT molecular complexity index is 1200.